The lowest BCUT2D eigenvalue weighted by Gasteiger charge is -2.28. The first kappa shape index (κ1) is 20.1. The smallest absolute Gasteiger partial charge is 0.255 e. The van der Waals surface area contributed by atoms with Crippen LogP contribution in [-0.4, -0.2) is 38.9 Å². The van der Waals surface area contributed by atoms with Crippen molar-refractivity contribution >= 4 is 22.8 Å². The number of carbonyl (C=O) groups is 2. The van der Waals surface area contributed by atoms with Crippen molar-refractivity contribution in [1.29, 1.82) is 0 Å². The topological polar surface area (TPSA) is 67.2 Å². The number of hydrogen-bond donors (Lipinski definition) is 1. The van der Waals surface area contributed by atoms with Crippen molar-refractivity contribution in [1.82, 2.24) is 19.8 Å². The molecule has 0 aliphatic carbocycles. The Balaban J connectivity index is 1.44. The highest BCUT2D eigenvalue weighted by molar-refractivity contribution is 6.01. The molecule has 6 nitrogen and oxygen atoms in total. The van der Waals surface area contributed by atoms with Gasteiger partial charge in [0.05, 0.1) is 11.0 Å². The molecule has 4 rings (SSSR count). The number of nitrogens with one attached hydrogen (secondary N) is 1. The lowest BCUT2D eigenvalue weighted by atomic mass is 10.0. The zero-order valence-electron chi connectivity index (χ0n) is 17.8. The minimum Gasteiger partial charge on any atom is -0.354 e. The van der Waals surface area contributed by atoms with Crippen LogP contribution in [0.15, 0.2) is 48.5 Å². The van der Waals surface area contributed by atoms with Gasteiger partial charge in [-0.15, -0.1) is 0 Å². The van der Waals surface area contributed by atoms with Gasteiger partial charge in [0.2, 0.25) is 5.91 Å². The van der Waals surface area contributed by atoms with Crippen molar-refractivity contribution in [2.75, 3.05) is 6.54 Å². The number of benzene rings is 2. The van der Waals surface area contributed by atoms with Gasteiger partial charge in [-0.05, 0) is 36.1 Å². The first-order valence-electron chi connectivity index (χ1n) is 10.5. The van der Waals surface area contributed by atoms with E-state index >= 15 is 0 Å². The summed E-state index contributed by atoms with van der Waals surface area (Å²) in [6.45, 7) is 5.13. The molecule has 0 radical (unpaired) electrons. The van der Waals surface area contributed by atoms with E-state index in [1.54, 1.807) is 4.90 Å². The molecule has 1 N–H and O–H groups in total. The molecule has 0 unspecified atom stereocenters. The lowest BCUT2D eigenvalue weighted by molar-refractivity contribution is -0.126. The number of carbonyl (C=O) groups excluding carboxylic acids is 2. The van der Waals surface area contributed by atoms with E-state index in [2.05, 4.69) is 28.7 Å². The van der Waals surface area contributed by atoms with Crippen LogP contribution in [0.4, 0.5) is 0 Å². The molecular formula is C24H28N4O2. The van der Waals surface area contributed by atoms with E-state index in [1.807, 2.05) is 55.6 Å². The SMILES string of the molecule is CC(C)C[C@@H](C(=O)NCCc1nc2ccccc2n1C)N1Cc2ccccc2C1=O. The fraction of sp³-hybridized carbons (Fsp3) is 0.375. The number of imidazole rings is 1. The maximum absolute atomic E-state index is 13.1. The zero-order chi connectivity index (χ0) is 21.3. The highest BCUT2D eigenvalue weighted by Gasteiger charge is 2.36. The van der Waals surface area contributed by atoms with Gasteiger partial charge in [-0.1, -0.05) is 44.2 Å². The third-order valence-electron chi connectivity index (χ3n) is 5.75. The number of amides is 2. The largest absolute Gasteiger partial charge is 0.354 e. The second kappa shape index (κ2) is 8.30. The van der Waals surface area contributed by atoms with E-state index in [0.29, 0.717) is 37.4 Å². The molecular weight excluding hydrogens is 376 g/mol. The van der Waals surface area contributed by atoms with Crippen molar-refractivity contribution < 1.29 is 9.59 Å². The predicted octanol–water partition coefficient (Wildman–Crippen LogP) is 3.30. The summed E-state index contributed by atoms with van der Waals surface area (Å²) in [6, 6.07) is 15.1. The van der Waals surface area contributed by atoms with Gasteiger partial charge in [0.15, 0.2) is 0 Å². The van der Waals surface area contributed by atoms with Crippen LogP contribution in [-0.2, 0) is 24.8 Å². The van der Waals surface area contributed by atoms with Gasteiger partial charge in [0.25, 0.3) is 5.91 Å². The minimum atomic E-state index is -0.467. The molecule has 1 aliphatic rings. The summed E-state index contributed by atoms with van der Waals surface area (Å²) in [6.07, 6.45) is 1.28. The molecule has 30 heavy (non-hydrogen) atoms. The van der Waals surface area contributed by atoms with Gasteiger partial charge in [-0.2, -0.15) is 0 Å². The van der Waals surface area contributed by atoms with E-state index in [1.165, 1.54) is 0 Å². The van der Waals surface area contributed by atoms with Crippen LogP contribution in [0.25, 0.3) is 11.0 Å². The van der Waals surface area contributed by atoms with Gasteiger partial charge in [-0.3, -0.25) is 9.59 Å². The van der Waals surface area contributed by atoms with Gasteiger partial charge in [0, 0.05) is 32.1 Å². The highest BCUT2D eigenvalue weighted by Crippen LogP contribution is 2.26. The molecule has 3 aromatic rings. The van der Waals surface area contributed by atoms with Crippen LogP contribution in [0.1, 0.15) is 42.0 Å². The summed E-state index contributed by atoms with van der Waals surface area (Å²) in [5, 5.41) is 3.05. The Labute approximate surface area is 176 Å². The number of nitrogens with zero attached hydrogens (tertiary/aromatic N) is 3. The van der Waals surface area contributed by atoms with Crippen LogP contribution in [0, 0.1) is 5.92 Å². The van der Waals surface area contributed by atoms with Gasteiger partial charge < -0.3 is 14.8 Å². The van der Waals surface area contributed by atoms with E-state index in [4.69, 9.17) is 0 Å². The summed E-state index contributed by atoms with van der Waals surface area (Å²) in [4.78, 5) is 32.4. The van der Waals surface area contributed by atoms with Crippen LogP contribution in [0.2, 0.25) is 0 Å². The monoisotopic (exact) mass is 404 g/mol. The number of hydrogen-bond acceptors (Lipinski definition) is 3. The molecule has 0 spiro atoms. The average molecular weight is 405 g/mol. The van der Waals surface area contributed by atoms with Crippen LogP contribution >= 0.6 is 0 Å². The van der Waals surface area contributed by atoms with Crippen molar-refractivity contribution in [3.63, 3.8) is 0 Å². The molecule has 0 fully saturated rings. The first-order chi connectivity index (χ1) is 14.5. The fourth-order valence-electron chi connectivity index (χ4n) is 4.19. The summed E-state index contributed by atoms with van der Waals surface area (Å²) in [5.41, 5.74) is 3.74. The summed E-state index contributed by atoms with van der Waals surface area (Å²) >= 11 is 0. The highest BCUT2D eigenvalue weighted by atomic mass is 16.2. The van der Waals surface area contributed by atoms with Crippen LogP contribution in [0.5, 0.6) is 0 Å². The Morgan fingerprint density at radius 2 is 1.87 bits per heavy atom. The quantitative estimate of drug-likeness (QED) is 0.657. The molecule has 156 valence electrons. The van der Waals surface area contributed by atoms with E-state index in [9.17, 15) is 9.59 Å². The second-order valence-corrected chi connectivity index (χ2v) is 8.35. The zero-order valence-corrected chi connectivity index (χ0v) is 17.8. The summed E-state index contributed by atoms with van der Waals surface area (Å²) in [5.74, 6) is 1.09. The summed E-state index contributed by atoms with van der Waals surface area (Å²) in [7, 11) is 1.99. The molecule has 6 heteroatoms. The third-order valence-corrected chi connectivity index (χ3v) is 5.75. The minimum absolute atomic E-state index is 0.0539. The van der Waals surface area contributed by atoms with Gasteiger partial charge in [0.1, 0.15) is 11.9 Å². The van der Waals surface area contributed by atoms with Gasteiger partial charge in [-0.25, -0.2) is 4.98 Å². The van der Waals surface area contributed by atoms with Crippen molar-refractivity contribution in [3.8, 4) is 0 Å². The number of para-hydroxylation sites is 2. The Morgan fingerprint density at radius 3 is 2.60 bits per heavy atom. The first-order valence-corrected chi connectivity index (χ1v) is 10.5. The average Bonchev–Trinajstić information content (AvgIpc) is 3.23. The fourth-order valence-corrected chi connectivity index (χ4v) is 4.19. The maximum Gasteiger partial charge on any atom is 0.255 e. The van der Waals surface area contributed by atoms with Crippen LogP contribution < -0.4 is 5.32 Å². The van der Waals surface area contributed by atoms with Crippen LogP contribution in [0.3, 0.4) is 0 Å². The lowest BCUT2D eigenvalue weighted by Crippen LogP contribution is -2.48. The molecule has 2 heterocycles. The molecule has 2 amide bonds. The normalized spacial score (nSPS) is 14.4. The predicted molar refractivity (Wildman–Crippen MR) is 117 cm³/mol. The molecule has 0 bridgehead atoms. The standard InChI is InChI=1S/C24H28N4O2/c1-16(2)14-21(28-15-17-8-4-5-9-18(17)24(28)30)23(29)25-13-12-22-26-19-10-6-7-11-20(19)27(22)3/h4-11,16,21H,12-15H2,1-3H3,(H,25,29)/t21-/m0/s1. The Morgan fingerprint density at radius 1 is 1.13 bits per heavy atom. The number of aromatic nitrogens is 2. The number of aryl methyl sites for hydroxylation is 1. The van der Waals surface area contributed by atoms with Gasteiger partial charge >= 0.3 is 0 Å². The molecule has 2 aromatic carbocycles. The molecule has 0 saturated heterocycles. The van der Waals surface area contributed by atoms with E-state index < -0.39 is 6.04 Å². The molecule has 1 atom stereocenters. The van der Waals surface area contributed by atoms with Crippen molar-refractivity contribution in [3.05, 3.63) is 65.5 Å². The molecule has 1 aromatic heterocycles. The Bertz CT molecular complexity index is 1090. The maximum atomic E-state index is 13.1. The Hall–Kier alpha value is -3.15. The van der Waals surface area contributed by atoms with E-state index in [0.717, 1.165) is 22.4 Å². The van der Waals surface area contributed by atoms with Crippen molar-refractivity contribution in [2.45, 2.75) is 39.3 Å². The Kier molecular flexibility index (Phi) is 5.57. The number of fused-ring (bicyclic) bond motifs is 2. The third kappa shape index (κ3) is 3.82. The number of rotatable bonds is 7. The second-order valence-electron chi connectivity index (χ2n) is 8.35. The van der Waals surface area contributed by atoms with Crippen molar-refractivity contribution in [2.24, 2.45) is 13.0 Å². The molecule has 0 saturated carbocycles. The summed E-state index contributed by atoms with van der Waals surface area (Å²) < 4.78 is 2.06. The molecule has 1 aliphatic heterocycles. The van der Waals surface area contributed by atoms with E-state index in [-0.39, 0.29) is 11.8 Å².